The van der Waals surface area contributed by atoms with Gasteiger partial charge < -0.3 is 5.73 Å². The van der Waals surface area contributed by atoms with Gasteiger partial charge in [-0.1, -0.05) is 13.8 Å². The molecule has 0 aromatic heterocycles. The molecule has 2 N–H and O–H groups in total. The molecule has 0 aromatic carbocycles. The van der Waals surface area contributed by atoms with Crippen molar-refractivity contribution in [2.24, 2.45) is 11.7 Å². The van der Waals surface area contributed by atoms with Crippen LogP contribution in [0.25, 0.3) is 0 Å². The molecule has 0 saturated carbocycles. The number of ketones is 1. The van der Waals surface area contributed by atoms with Gasteiger partial charge in [0.15, 0.2) is 0 Å². The molecule has 0 atom stereocenters. The Morgan fingerprint density at radius 3 is 2.42 bits per heavy atom. The molecular formula is C10H21NO. The fraction of sp³-hybridized carbons (Fsp3) is 0.900. The molecule has 0 spiro atoms. The quantitative estimate of drug-likeness (QED) is 0.596. The molecule has 0 aliphatic carbocycles. The Balaban J connectivity index is 3.22. The molecule has 0 rings (SSSR count). The van der Waals surface area contributed by atoms with E-state index in [0.29, 0.717) is 18.2 Å². The van der Waals surface area contributed by atoms with Gasteiger partial charge in [0.25, 0.3) is 0 Å². The van der Waals surface area contributed by atoms with Crippen LogP contribution in [0.1, 0.15) is 46.0 Å². The van der Waals surface area contributed by atoms with Gasteiger partial charge in [0.05, 0.1) is 0 Å². The van der Waals surface area contributed by atoms with Crippen LogP contribution in [-0.2, 0) is 4.79 Å². The Hall–Kier alpha value is -0.370. The highest BCUT2D eigenvalue weighted by molar-refractivity contribution is 5.78. The van der Waals surface area contributed by atoms with Gasteiger partial charge in [-0.25, -0.2) is 0 Å². The van der Waals surface area contributed by atoms with Crippen LogP contribution in [0.5, 0.6) is 0 Å². The minimum absolute atomic E-state index is 0.400. The summed E-state index contributed by atoms with van der Waals surface area (Å²) in [4.78, 5) is 11.2. The highest BCUT2D eigenvalue weighted by Crippen LogP contribution is 2.07. The first-order chi connectivity index (χ1) is 5.66. The maximum atomic E-state index is 11.2. The van der Waals surface area contributed by atoms with E-state index in [1.807, 2.05) is 0 Å². The fourth-order valence-corrected chi connectivity index (χ4v) is 1.04. The van der Waals surface area contributed by atoms with Gasteiger partial charge in [-0.05, 0) is 31.7 Å². The summed E-state index contributed by atoms with van der Waals surface area (Å²) in [7, 11) is 0. The summed E-state index contributed by atoms with van der Waals surface area (Å²) in [5.74, 6) is 1.04. The normalized spacial score (nSPS) is 10.7. The standard InChI is InChI=1S/C10H21NO/c1-9(2)6-7-10(12)5-3-4-8-11/h9H,3-8,11H2,1-2H3. The van der Waals surface area contributed by atoms with Crippen molar-refractivity contribution in [1.82, 2.24) is 0 Å². The third-order valence-electron chi connectivity index (χ3n) is 1.91. The summed E-state index contributed by atoms with van der Waals surface area (Å²) in [5, 5.41) is 0. The van der Waals surface area contributed by atoms with Gasteiger partial charge in [-0.15, -0.1) is 0 Å². The Labute approximate surface area is 75.5 Å². The van der Waals surface area contributed by atoms with Crippen LogP contribution in [0.3, 0.4) is 0 Å². The molecule has 0 saturated heterocycles. The Morgan fingerprint density at radius 1 is 1.25 bits per heavy atom. The zero-order chi connectivity index (χ0) is 9.40. The van der Waals surface area contributed by atoms with E-state index in [1.165, 1.54) is 0 Å². The van der Waals surface area contributed by atoms with Crippen molar-refractivity contribution >= 4 is 5.78 Å². The van der Waals surface area contributed by atoms with E-state index < -0.39 is 0 Å². The predicted octanol–water partition coefficient (Wildman–Crippen LogP) is 2.12. The summed E-state index contributed by atoms with van der Waals surface area (Å²) in [6.07, 6.45) is 4.45. The molecule has 2 nitrogen and oxygen atoms in total. The molecule has 0 fully saturated rings. The number of carbonyl (C=O) groups is 1. The van der Waals surface area contributed by atoms with E-state index in [2.05, 4.69) is 13.8 Å². The minimum atomic E-state index is 0.400. The molecule has 72 valence electrons. The Bertz CT molecular complexity index is 121. The van der Waals surface area contributed by atoms with Gasteiger partial charge in [0.2, 0.25) is 0 Å². The first-order valence-electron chi connectivity index (χ1n) is 4.88. The predicted molar refractivity (Wildman–Crippen MR) is 52.0 cm³/mol. The summed E-state index contributed by atoms with van der Waals surface area (Å²) in [6, 6.07) is 0. The monoisotopic (exact) mass is 171 g/mol. The molecule has 0 radical (unpaired) electrons. The van der Waals surface area contributed by atoms with Crippen molar-refractivity contribution in [2.75, 3.05) is 6.54 Å². The molecule has 0 heterocycles. The van der Waals surface area contributed by atoms with Crippen LogP contribution in [0.15, 0.2) is 0 Å². The van der Waals surface area contributed by atoms with Gasteiger partial charge in [-0.3, -0.25) is 4.79 Å². The molecule has 0 bridgehead atoms. The van der Waals surface area contributed by atoms with Gasteiger partial charge in [0, 0.05) is 12.8 Å². The van der Waals surface area contributed by atoms with Crippen molar-refractivity contribution in [3.05, 3.63) is 0 Å². The number of Topliss-reactive ketones (excluding diaryl/α,β-unsaturated/α-hetero) is 1. The zero-order valence-corrected chi connectivity index (χ0v) is 8.31. The number of rotatable bonds is 7. The highest BCUT2D eigenvalue weighted by Gasteiger charge is 2.02. The zero-order valence-electron chi connectivity index (χ0n) is 8.31. The lowest BCUT2D eigenvalue weighted by Crippen LogP contribution is -2.03. The van der Waals surface area contributed by atoms with E-state index in [9.17, 15) is 4.79 Å². The minimum Gasteiger partial charge on any atom is -0.330 e. The summed E-state index contributed by atoms with van der Waals surface area (Å²) < 4.78 is 0. The lowest BCUT2D eigenvalue weighted by atomic mass is 10.0. The molecule has 0 aliphatic rings. The van der Waals surface area contributed by atoms with Gasteiger partial charge in [0.1, 0.15) is 5.78 Å². The van der Waals surface area contributed by atoms with Crippen molar-refractivity contribution in [1.29, 1.82) is 0 Å². The summed E-state index contributed by atoms with van der Waals surface area (Å²) in [6.45, 7) is 5.00. The van der Waals surface area contributed by atoms with Gasteiger partial charge in [-0.2, -0.15) is 0 Å². The van der Waals surface area contributed by atoms with Crippen LogP contribution >= 0.6 is 0 Å². The molecule has 0 aliphatic heterocycles. The second kappa shape index (κ2) is 7.29. The van der Waals surface area contributed by atoms with Crippen LogP contribution < -0.4 is 5.73 Å². The van der Waals surface area contributed by atoms with E-state index >= 15 is 0 Å². The molecule has 0 aromatic rings. The average Bonchev–Trinajstić information content (AvgIpc) is 2.01. The second-order valence-corrected chi connectivity index (χ2v) is 3.72. The topological polar surface area (TPSA) is 43.1 Å². The smallest absolute Gasteiger partial charge is 0.132 e. The van der Waals surface area contributed by atoms with Crippen molar-refractivity contribution < 1.29 is 4.79 Å². The number of hydrogen-bond donors (Lipinski definition) is 1. The van der Waals surface area contributed by atoms with Crippen molar-refractivity contribution in [2.45, 2.75) is 46.0 Å². The Morgan fingerprint density at radius 2 is 1.92 bits per heavy atom. The SMILES string of the molecule is CC(C)CCC(=O)CCCCN. The van der Waals surface area contributed by atoms with E-state index in [1.54, 1.807) is 0 Å². The van der Waals surface area contributed by atoms with E-state index in [0.717, 1.165) is 32.1 Å². The Kier molecular flexibility index (Phi) is 7.06. The van der Waals surface area contributed by atoms with Gasteiger partial charge >= 0.3 is 0 Å². The lowest BCUT2D eigenvalue weighted by Gasteiger charge is -2.02. The number of unbranched alkanes of at least 4 members (excludes halogenated alkanes) is 1. The third-order valence-corrected chi connectivity index (χ3v) is 1.91. The largest absolute Gasteiger partial charge is 0.330 e. The van der Waals surface area contributed by atoms with Crippen LogP contribution in [0, 0.1) is 5.92 Å². The summed E-state index contributed by atoms with van der Waals surface area (Å²) >= 11 is 0. The number of carbonyl (C=O) groups excluding carboxylic acids is 1. The van der Waals surface area contributed by atoms with Crippen molar-refractivity contribution in [3.8, 4) is 0 Å². The van der Waals surface area contributed by atoms with Crippen LogP contribution in [-0.4, -0.2) is 12.3 Å². The first-order valence-corrected chi connectivity index (χ1v) is 4.88. The molecule has 2 heteroatoms. The molecular weight excluding hydrogens is 150 g/mol. The fourth-order valence-electron chi connectivity index (χ4n) is 1.04. The highest BCUT2D eigenvalue weighted by atomic mass is 16.1. The molecule has 0 unspecified atom stereocenters. The maximum Gasteiger partial charge on any atom is 0.132 e. The third kappa shape index (κ3) is 7.73. The number of nitrogens with two attached hydrogens (primary N) is 1. The van der Waals surface area contributed by atoms with E-state index in [4.69, 9.17) is 5.73 Å². The first kappa shape index (κ1) is 11.6. The summed E-state index contributed by atoms with van der Waals surface area (Å²) in [5.41, 5.74) is 5.33. The second-order valence-electron chi connectivity index (χ2n) is 3.72. The molecule has 0 amide bonds. The van der Waals surface area contributed by atoms with Crippen molar-refractivity contribution in [3.63, 3.8) is 0 Å². The van der Waals surface area contributed by atoms with Crippen LogP contribution in [0.2, 0.25) is 0 Å². The number of hydrogen-bond acceptors (Lipinski definition) is 2. The maximum absolute atomic E-state index is 11.2. The lowest BCUT2D eigenvalue weighted by molar-refractivity contribution is -0.119. The molecule has 12 heavy (non-hydrogen) atoms. The average molecular weight is 171 g/mol. The van der Waals surface area contributed by atoms with E-state index in [-0.39, 0.29) is 0 Å². The van der Waals surface area contributed by atoms with Crippen LogP contribution in [0.4, 0.5) is 0 Å².